The van der Waals surface area contributed by atoms with Crippen LogP contribution in [0.25, 0.3) is 0 Å². The van der Waals surface area contributed by atoms with Gasteiger partial charge >= 0.3 is 5.97 Å². The van der Waals surface area contributed by atoms with E-state index in [1.807, 2.05) is 22.8 Å². The molecule has 6 nitrogen and oxygen atoms in total. The molecule has 1 aliphatic rings. The molecule has 7 heteroatoms. The molecule has 0 radical (unpaired) electrons. The highest BCUT2D eigenvalue weighted by molar-refractivity contribution is 5.87. The Morgan fingerprint density at radius 3 is 2.48 bits per heavy atom. The molecule has 2 N–H and O–H groups in total. The first-order valence-electron chi connectivity index (χ1n) is 8.18. The number of aromatic nitrogens is 1. The zero-order valence-corrected chi connectivity index (χ0v) is 14.1. The highest BCUT2D eigenvalue weighted by Crippen LogP contribution is 2.20. The van der Waals surface area contributed by atoms with Crippen molar-refractivity contribution < 1.29 is 14.3 Å². The highest BCUT2D eigenvalue weighted by atomic mass is 19.1. The summed E-state index contributed by atoms with van der Waals surface area (Å²) in [7, 11) is 0. The molecule has 1 aromatic carbocycles. The molecule has 0 bridgehead atoms. The lowest BCUT2D eigenvalue weighted by Crippen LogP contribution is -2.49. The number of para-hydroxylation sites is 1. The van der Waals surface area contributed by atoms with Crippen molar-refractivity contribution in [1.82, 2.24) is 9.47 Å². The van der Waals surface area contributed by atoms with Crippen molar-refractivity contribution in [3.8, 4) is 0 Å². The van der Waals surface area contributed by atoms with Crippen molar-refractivity contribution in [1.29, 1.82) is 5.41 Å². The molecule has 0 amide bonds. The number of hydrogen-bond donors (Lipinski definition) is 2. The van der Waals surface area contributed by atoms with Gasteiger partial charge in [-0.05, 0) is 31.2 Å². The van der Waals surface area contributed by atoms with Crippen LogP contribution in [-0.4, -0.2) is 52.6 Å². The minimum atomic E-state index is -0.995. The molecule has 0 aliphatic carbocycles. The first-order chi connectivity index (χ1) is 12.0. The fourth-order valence-electron chi connectivity index (χ4n) is 3.14. The van der Waals surface area contributed by atoms with Gasteiger partial charge in [-0.15, -0.1) is 0 Å². The summed E-state index contributed by atoms with van der Waals surface area (Å²) in [5, 5.41) is 17.6. The molecule has 0 saturated carbocycles. The van der Waals surface area contributed by atoms with Crippen LogP contribution in [0.1, 0.15) is 16.2 Å². The topological polar surface area (TPSA) is 72.6 Å². The van der Waals surface area contributed by atoms with Gasteiger partial charge in [-0.1, -0.05) is 12.1 Å². The van der Waals surface area contributed by atoms with E-state index in [-0.39, 0.29) is 18.1 Å². The Balaban J connectivity index is 1.64. The minimum absolute atomic E-state index is 0.187. The zero-order chi connectivity index (χ0) is 18.0. The van der Waals surface area contributed by atoms with Crippen LogP contribution in [0.4, 0.5) is 10.1 Å². The highest BCUT2D eigenvalue weighted by Gasteiger charge is 2.22. The van der Waals surface area contributed by atoms with E-state index >= 15 is 0 Å². The van der Waals surface area contributed by atoms with Gasteiger partial charge in [0.15, 0.2) is 0 Å². The molecule has 25 heavy (non-hydrogen) atoms. The van der Waals surface area contributed by atoms with Gasteiger partial charge in [0, 0.05) is 31.9 Å². The van der Waals surface area contributed by atoms with E-state index in [9.17, 15) is 14.3 Å². The molecule has 0 unspecified atom stereocenters. The van der Waals surface area contributed by atoms with E-state index in [2.05, 4.69) is 0 Å². The maximum atomic E-state index is 13.9. The van der Waals surface area contributed by atoms with Crippen LogP contribution in [0.5, 0.6) is 0 Å². The number of amidine groups is 1. The fourth-order valence-corrected chi connectivity index (χ4v) is 3.14. The van der Waals surface area contributed by atoms with E-state index in [0.29, 0.717) is 37.7 Å². The van der Waals surface area contributed by atoms with Crippen LogP contribution in [0.3, 0.4) is 0 Å². The van der Waals surface area contributed by atoms with Crippen molar-refractivity contribution in [2.24, 2.45) is 0 Å². The molecule has 0 spiro atoms. The molecule has 1 fully saturated rings. The molecule has 0 atom stereocenters. The lowest BCUT2D eigenvalue weighted by molar-refractivity contribution is 0.0685. The van der Waals surface area contributed by atoms with Crippen LogP contribution in [0, 0.1) is 18.2 Å². The summed E-state index contributed by atoms with van der Waals surface area (Å²) in [6.45, 7) is 4.52. The van der Waals surface area contributed by atoms with Gasteiger partial charge < -0.3 is 19.5 Å². The van der Waals surface area contributed by atoms with Crippen molar-refractivity contribution in [2.75, 3.05) is 31.1 Å². The number of halogens is 1. The molecule has 3 rings (SSSR count). The second-order valence-corrected chi connectivity index (χ2v) is 6.12. The SMILES string of the molecule is Cc1ccc(C(=O)O)n1CC(=N)N1CCN(c2ccccc2F)CC1. The van der Waals surface area contributed by atoms with Gasteiger partial charge in [-0.2, -0.15) is 0 Å². The number of aryl methyl sites for hydroxylation is 1. The standard InChI is InChI=1S/C18H21FN4O2/c1-13-6-7-16(18(24)25)23(13)12-17(20)22-10-8-21(9-11-22)15-5-3-2-4-14(15)19/h2-7,20H,8-12H2,1H3,(H,24,25). The zero-order valence-electron chi connectivity index (χ0n) is 14.1. The average Bonchev–Trinajstić information content (AvgIpc) is 2.96. The normalized spacial score (nSPS) is 14.6. The van der Waals surface area contributed by atoms with E-state index in [1.165, 1.54) is 6.07 Å². The van der Waals surface area contributed by atoms with E-state index < -0.39 is 5.97 Å². The summed E-state index contributed by atoms with van der Waals surface area (Å²) in [4.78, 5) is 15.2. The fraction of sp³-hybridized carbons (Fsp3) is 0.333. The summed E-state index contributed by atoms with van der Waals surface area (Å²) in [5.41, 5.74) is 1.59. The summed E-state index contributed by atoms with van der Waals surface area (Å²) in [5.74, 6) is -0.861. The molecular formula is C18H21FN4O2. The first-order valence-corrected chi connectivity index (χ1v) is 8.18. The number of nitrogens with zero attached hydrogens (tertiary/aromatic N) is 3. The maximum absolute atomic E-state index is 13.9. The van der Waals surface area contributed by atoms with Crippen molar-refractivity contribution in [2.45, 2.75) is 13.5 Å². The summed E-state index contributed by atoms with van der Waals surface area (Å²) >= 11 is 0. The maximum Gasteiger partial charge on any atom is 0.352 e. The number of carboxylic acid groups (broad SMARTS) is 1. The van der Waals surface area contributed by atoms with Crippen molar-refractivity contribution in [3.63, 3.8) is 0 Å². The molecule has 2 aromatic rings. The Hall–Kier alpha value is -2.83. The van der Waals surface area contributed by atoms with Crippen LogP contribution >= 0.6 is 0 Å². The molecule has 132 valence electrons. The number of aromatic carboxylic acids is 1. The Kier molecular flexibility index (Phi) is 4.74. The molecule has 2 heterocycles. The predicted octanol–water partition coefficient (Wildman–Crippen LogP) is 2.43. The predicted molar refractivity (Wildman–Crippen MR) is 94.0 cm³/mol. The molecule has 1 saturated heterocycles. The lowest BCUT2D eigenvalue weighted by atomic mass is 10.2. The third-order valence-electron chi connectivity index (χ3n) is 4.58. The number of benzene rings is 1. The van der Waals surface area contributed by atoms with E-state index in [1.54, 1.807) is 28.8 Å². The van der Waals surface area contributed by atoms with Gasteiger partial charge in [0.05, 0.1) is 12.2 Å². The van der Waals surface area contributed by atoms with Crippen LogP contribution < -0.4 is 4.90 Å². The van der Waals surface area contributed by atoms with Gasteiger partial charge in [0.1, 0.15) is 17.3 Å². The average molecular weight is 344 g/mol. The van der Waals surface area contributed by atoms with E-state index in [0.717, 1.165) is 5.69 Å². The van der Waals surface area contributed by atoms with Crippen LogP contribution in [-0.2, 0) is 6.54 Å². The number of piperazine rings is 1. The quantitative estimate of drug-likeness (QED) is 0.660. The Bertz CT molecular complexity index is 794. The Morgan fingerprint density at radius 2 is 1.84 bits per heavy atom. The van der Waals surface area contributed by atoms with E-state index in [4.69, 9.17) is 5.41 Å². The smallest absolute Gasteiger partial charge is 0.352 e. The van der Waals surface area contributed by atoms with Gasteiger partial charge in [0.2, 0.25) is 0 Å². The number of carbonyl (C=O) groups is 1. The minimum Gasteiger partial charge on any atom is -0.477 e. The van der Waals surface area contributed by atoms with Crippen molar-refractivity contribution >= 4 is 17.5 Å². The van der Waals surface area contributed by atoms with Crippen molar-refractivity contribution in [3.05, 3.63) is 53.6 Å². The van der Waals surface area contributed by atoms with Gasteiger partial charge in [0.25, 0.3) is 0 Å². The van der Waals surface area contributed by atoms with Crippen LogP contribution in [0.2, 0.25) is 0 Å². The molecule has 1 aromatic heterocycles. The summed E-state index contributed by atoms with van der Waals surface area (Å²) in [6.07, 6.45) is 0. The summed E-state index contributed by atoms with van der Waals surface area (Å²) < 4.78 is 15.5. The lowest BCUT2D eigenvalue weighted by Gasteiger charge is -2.37. The Labute approximate surface area is 145 Å². The van der Waals surface area contributed by atoms with Gasteiger partial charge in [-0.25, -0.2) is 9.18 Å². The third kappa shape index (κ3) is 3.50. The largest absolute Gasteiger partial charge is 0.477 e. The third-order valence-corrected chi connectivity index (χ3v) is 4.58. The Morgan fingerprint density at radius 1 is 1.16 bits per heavy atom. The number of rotatable bonds is 4. The second-order valence-electron chi connectivity index (χ2n) is 6.12. The number of anilines is 1. The monoisotopic (exact) mass is 344 g/mol. The number of nitrogens with one attached hydrogen (secondary N) is 1. The van der Waals surface area contributed by atoms with Crippen LogP contribution in [0.15, 0.2) is 36.4 Å². The first kappa shape index (κ1) is 17.0. The number of carboxylic acids is 1. The molecule has 1 aliphatic heterocycles. The molecular weight excluding hydrogens is 323 g/mol. The second kappa shape index (κ2) is 6.96. The number of hydrogen-bond acceptors (Lipinski definition) is 3. The van der Waals surface area contributed by atoms with Gasteiger partial charge in [-0.3, -0.25) is 5.41 Å². The summed E-state index contributed by atoms with van der Waals surface area (Å²) in [6, 6.07) is 10.00.